The van der Waals surface area contributed by atoms with Crippen molar-refractivity contribution >= 4 is 47.9 Å². The first-order valence-corrected chi connectivity index (χ1v) is 17.4. The van der Waals surface area contributed by atoms with Crippen LogP contribution in [0.1, 0.15) is 0 Å². The molecule has 0 bridgehead atoms. The van der Waals surface area contributed by atoms with E-state index in [1.807, 2.05) is 4.90 Å². The van der Waals surface area contributed by atoms with E-state index in [9.17, 15) is 8.78 Å². The molecule has 0 spiro atoms. The van der Waals surface area contributed by atoms with Gasteiger partial charge in [-0.1, -0.05) is 0 Å². The third-order valence-electron chi connectivity index (χ3n) is 7.35. The van der Waals surface area contributed by atoms with Gasteiger partial charge in [0.15, 0.2) is 0 Å². The molecular weight excluding hydrogens is 557 g/mol. The summed E-state index contributed by atoms with van der Waals surface area (Å²) in [6.07, 6.45) is 0. The molecule has 0 radical (unpaired) electrons. The molecule has 0 amide bonds. The van der Waals surface area contributed by atoms with Crippen LogP contribution in [0, 0.1) is 11.6 Å². The molecule has 0 saturated heterocycles. The summed E-state index contributed by atoms with van der Waals surface area (Å²) in [5.74, 6) is -0.603. The molecule has 4 heteroatoms. The van der Waals surface area contributed by atoms with Gasteiger partial charge in [-0.2, -0.15) is 0 Å². The Labute approximate surface area is 236 Å². The van der Waals surface area contributed by atoms with Gasteiger partial charge in [-0.3, -0.25) is 0 Å². The fourth-order valence-corrected chi connectivity index (χ4v) is 15.5. The number of nitrogens with zero attached hydrogens (tertiary/aromatic N) is 1. The van der Waals surface area contributed by atoms with Crippen LogP contribution in [-0.2, 0) is 0 Å². The first-order valence-electron chi connectivity index (χ1n) is 13.2. The Kier molecular flexibility index (Phi) is 7.30. The van der Waals surface area contributed by atoms with E-state index in [0.29, 0.717) is 0 Å². The second-order valence-electron chi connectivity index (χ2n) is 9.68. The zero-order valence-electron chi connectivity index (χ0n) is 21.8. The van der Waals surface area contributed by atoms with E-state index in [1.54, 1.807) is 24.3 Å². The molecule has 0 N–H and O–H groups in total. The first-order chi connectivity index (χ1) is 19.7. The topological polar surface area (TPSA) is 3.24 Å². The third-order valence-corrected chi connectivity index (χ3v) is 17.4. The molecule has 6 aromatic rings. The average molecular weight is 584 g/mol. The van der Waals surface area contributed by atoms with Crippen LogP contribution < -0.4 is 22.5 Å². The molecular formula is C36H27F2GeN. The van der Waals surface area contributed by atoms with Crippen molar-refractivity contribution in [3.05, 3.63) is 175 Å². The van der Waals surface area contributed by atoms with Gasteiger partial charge < -0.3 is 0 Å². The van der Waals surface area contributed by atoms with Gasteiger partial charge in [0, 0.05) is 0 Å². The predicted octanol–water partition coefficient (Wildman–Crippen LogP) is 6.81. The predicted molar refractivity (Wildman–Crippen MR) is 165 cm³/mol. The van der Waals surface area contributed by atoms with Crippen molar-refractivity contribution in [2.24, 2.45) is 0 Å². The van der Waals surface area contributed by atoms with Crippen molar-refractivity contribution in [1.29, 1.82) is 0 Å². The van der Waals surface area contributed by atoms with E-state index >= 15 is 0 Å². The maximum atomic E-state index is 13.8. The van der Waals surface area contributed by atoms with E-state index in [4.69, 9.17) is 0 Å². The van der Waals surface area contributed by atoms with Gasteiger partial charge >= 0.3 is 237 Å². The number of hydrogen-bond acceptors (Lipinski definition) is 1. The Bertz CT molecular complexity index is 1530. The molecule has 0 saturated carbocycles. The normalized spacial score (nSPS) is 11.2. The van der Waals surface area contributed by atoms with Gasteiger partial charge in [-0.05, 0) is 0 Å². The van der Waals surface area contributed by atoms with Gasteiger partial charge in [0.1, 0.15) is 0 Å². The molecule has 6 rings (SSSR count). The molecule has 0 aliphatic rings. The molecule has 1 nitrogen and oxygen atoms in total. The molecule has 0 aromatic heterocycles. The van der Waals surface area contributed by atoms with Gasteiger partial charge in [0.05, 0.1) is 0 Å². The van der Waals surface area contributed by atoms with Crippen LogP contribution in [0.2, 0.25) is 0 Å². The van der Waals surface area contributed by atoms with Crippen LogP contribution in [0.4, 0.5) is 25.8 Å². The van der Waals surface area contributed by atoms with Gasteiger partial charge in [0.25, 0.3) is 0 Å². The van der Waals surface area contributed by atoms with Crippen molar-refractivity contribution in [3.63, 3.8) is 0 Å². The summed E-state index contributed by atoms with van der Waals surface area (Å²) < 4.78 is 33.0. The molecule has 0 aliphatic carbocycles. The van der Waals surface area contributed by atoms with Gasteiger partial charge in [-0.25, -0.2) is 0 Å². The SMILES string of the molecule is Fc1ccc(N(c2ccc(F)cc2)c2cc[c]([Ge]([c]3ccccc3)([c]3ccccc3)[c]3ccccc3)cc2)cc1. The molecule has 0 fully saturated rings. The number of rotatable bonds is 7. The van der Waals surface area contributed by atoms with Crippen LogP contribution in [0.3, 0.4) is 0 Å². The fraction of sp³-hybridized carbons (Fsp3) is 0. The monoisotopic (exact) mass is 585 g/mol. The summed E-state index contributed by atoms with van der Waals surface area (Å²) in [6, 6.07) is 54.0. The quantitative estimate of drug-likeness (QED) is 0.187. The number of halogens is 2. The van der Waals surface area contributed by atoms with Crippen molar-refractivity contribution in [3.8, 4) is 0 Å². The number of hydrogen-bond donors (Lipinski definition) is 0. The molecule has 40 heavy (non-hydrogen) atoms. The third kappa shape index (κ3) is 4.85. The number of anilines is 3. The molecule has 0 heterocycles. The van der Waals surface area contributed by atoms with E-state index < -0.39 is 13.3 Å². The van der Waals surface area contributed by atoms with E-state index in [1.165, 1.54) is 41.8 Å². The Hall–Kier alpha value is -4.48. The average Bonchev–Trinajstić information content (AvgIpc) is 3.02. The Balaban J connectivity index is 1.55. The summed E-state index contributed by atoms with van der Waals surface area (Å²) >= 11 is -3.38. The summed E-state index contributed by atoms with van der Waals surface area (Å²) in [7, 11) is 0. The minimum atomic E-state index is -3.38. The molecule has 0 unspecified atom stereocenters. The molecule has 0 aliphatic heterocycles. The van der Waals surface area contributed by atoms with Crippen LogP contribution in [0.5, 0.6) is 0 Å². The second-order valence-corrected chi connectivity index (χ2v) is 17.7. The molecule has 0 atom stereocenters. The summed E-state index contributed by atoms with van der Waals surface area (Å²) in [4.78, 5) is 2.02. The van der Waals surface area contributed by atoms with Gasteiger partial charge in [-0.15, -0.1) is 0 Å². The Morgan fingerprint density at radius 3 is 0.925 bits per heavy atom. The molecule has 194 valence electrons. The van der Waals surface area contributed by atoms with E-state index in [-0.39, 0.29) is 11.6 Å². The van der Waals surface area contributed by atoms with Crippen LogP contribution in [0.25, 0.3) is 0 Å². The minimum absolute atomic E-state index is 0.301. The van der Waals surface area contributed by atoms with Gasteiger partial charge in [0.2, 0.25) is 0 Å². The van der Waals surface area contributed by atoms with Crippen molar-refractivity contribution in [2.45, 2.75) is 0 Å². The van der Waals surface area contributed by atoms with E-state index in [2.05, 4.69) is 115 Å². The zero-order valence-corrected chi connectivity index (χ0v) is 23.9. The van der Waals surface area contributed by atoms with Crippen LogP contribution in [-0.4, -0.2) is 13.3 Å². The molecule has 6 aromatic carbocycles. The van der Waals surface area contributed by atoms with Crippen LogP contribution >= 0.6 is 0 Å². The van der Waals surface area contributed by atoms with E-state index in [0.717, 1.165) is 17.1 Å². The summed E-state index contributed by atoms with van der Waals surface area (Å²) in [5.41, 5.74) is 2.50. The second kappa shape index (κ2) is 11.3. The standard InChI is InChI=1S/C36H27F2GeN/c37-28-16-22-34(23-17-28)40(35-24-18-29(38)19-25-35)36-26-20-33(21-27-36)39(30-10-4-1-5-11-30,31-12-6-2-7-13-31)32-14-8-3-9-15-32/h1-27H. The summed E-state index contributed by atoms with van der Waals surface area (Å²) in [6.45, 7) is 0. The Morgan fingerprint density at radius 2 is 0.600 bits per heavy atom. The van der Waals surface area contributed by atoms with Crippen molar-refractivity contribution in [1.82, 2.24) is 0 Å². The zero-order chi connectivity index (χ0) is 27.4. The van der Waals surface area contributed by atoms with Crippen molar-refractivity contribution in [2.75, 3.05) is 4.90 Å². The first kappa shape index (κ1) is 25.8. The maximum absolute atomic E-state index is 13.8. The fourth-order valence-electron chi connectivity index (χ4n) is 5.55. The summed E-state index contributed by atoms with van der Waals surface area (Å²) in [5, 5.41) is 0. The number of benzene rings is 6. The van der Waals surface area contributed by atoms with Crippen molar-refractivity contribution < 1.29 is 8.78 Å². The Morgan fingerprint density at radius 1 is 0.325 bits per heavy atom. The van der Waals surface area contributed by atoms with Crippen LogP contribution in [0.15, 0.2) is 164 Å².